The fraction of sp³-hybridized carbons (Fsp3) is 0.438. The van der Waals surface area contributed by atoms with Gasteiger partial charge in [-0.25, -0.2) is 4.79 Å². The van der Waals surface area contributed by atoms with Crippen molar-refractivity contribution in [3.8, 4) is 0 Å². The van der Waals surface area contributed by atoms with Crippen LogP contribution in [0.1, 0.15) is 30.1 Å². The lowest BCUT2D eigenvalue weighted by Gasteiger charge is -2.20. The summed E-state index contributed by atoms with van der Waals surface area (Å²) in [7, 11) is 1.27. The van der Waals surface area contributed by atoms with Gasteiger partial charge < -0.3 is 14.2 Å². The molecule has 1 fully saturated rings. The van der Waals surface area contributed by atoms with E-state index in [4.69, 9.17) is 9.47 Å². The van der Waals surface area contributed by atoms with Gasteiger partial charge in [0.05, 0.1) is 19.1 Å². The first-order chi connectivity index (χ1) is 11.0. The monoisotopic (exact) mass is 338 g/mol. The lowest BCUT2D eigenvalue weighted by Crippen LogP contribution is -2.29. The van der Waals surface area contributed by atoms with Crippen LogP contribution in [0.4, 0.5) is 0 Å². The van der Waals surface area contributed by atoms with Crippen molar-refractivity contribution in [1.29, 1.82) is 0 Å². The van der Waals surface area contributed by atoms with Gasteiger partial charge in [0.15, 0.2) is 5.44 Å². The molecule has 0 aliphatic carbocycles. The summed E-state index contributed by atoms with van der Waals surface area (Å²) in [5.74, 6) is -1.43. The van der Waals surface area contributed by atoms with E-state index in [0.717, 1.165) is 0 Å². The molecule has 7 heteroatoms. The van der Waals surface area contributed by atoms with Crippen molar-refractivity contribution >= 4 is 29.7 Å². The van der Waals surface area contributed by atoms with Crippen molar-refractivity contribution in [3.05, 3.63) is 35.9 Å². The van der Waals surface area contributed by atoms with Gasteiger partial charge in [0.1, 0.15) is 11.4 Å². The molecule has 1 saturated heterocycles. The van der Waals surface area contributed by atoms with Crippen molar-refractivity contribution in [2.45, 2.75) is 36.6 Å². The number of benzene rings is 1. The van der Waals surface area contributed by atoms with E-state index < -0.39 is 34.7 Å². The van der Waals surface area contributed by atoms with Gasteiger partial charge in [0.2, 0.25) is 0 Å². The maximum Gasteiger partial charge on any atom is 0.338 e. The van der Waals surface area contributed by atoms with E-state index in [0.29, 0.717) is 12.0 Å². The molecule has 2 rings (SSSR count). The SMILES string of the molecule is CC[C@H](OC(=O)c1ccccc1)C1OC(=O)[C@H](CC(=O)OC)S1. The quantitative estimate of drug-likeness (QED) is 0.581. The Hall–Kier alpha value is -2.02. The molecule has 6 nitrogen and oxygen atoms in total. The summed E-state index contributed by atoms with van der Waals surface area (Å²) in [6.45, 7) is 1.84. The fourth-order valence-electron chi connectivity index (χ4n) is 2.08. The van der Waals surface area contributed by atoms with Crippen molar-refractivity contribution in [3.63, 3.8) is 0 Å². The van der Waals surface area contributed by atoms with Gasteiger partial charge in [-0.2, -0.15) is 0 Å². The number of esters is 3. The van der Waals surface area contributed by atoms with E-state index in [1.807, 2.05) is 6.92 Å². The zero-order valence-corrected chi connectivity index (χ0v) is 13.7. The van der Waals surface area contributed by atoms with Gasteiger partial charge in [0, 0.05) is 0 Å². The molecule has 23 heavy (non-hydrogen) atoms. The number of methoxy groups -OCH3 is 1. The molecule has 0 amide bonds. The average molecular weight is 338 g/mol. The molecule has 1 unspecified atom stereocenters. The average Bonchev–Trinajstić information content (AvgIpc) is 2.93. The topological polar surface area (TPSA) is 78.9 Å². The lowest BCUT2D eigenvalue weighted by atomic mass is 10.2. The molecule has 0 spiro atoms. The van der Waals surface area contributed by atoms with Crippen LogP contribution < -0.4 is 0 Å². The zero-order valence-electron chi connectivity index (χ0n) is 12.9. The summed E-state index contributed by atoms with van der Waals surface area (Å²) >= 11 is 1.18. The van der Waals surface area contributed by atoms with Crippen LogP contribution in [0.3, 0.4) is 0 Å². The van der Waals surface area contributed by atoms with Crippen molar-refractivity contribution in [2.24, 2.45) is 0 Å². The van der Waals surface area contributed by atoms with Crippen molar-refractivity contribution in [1.82, 2.24) is 0 Å². The maximum atomic E-state index is 12.1. The molecular weight excluding hydrogens is 320 g/mol. The molecule has 124 valence electrons. The van der Waals surface area contributed by atoms with Gasteiger partial charge in [-0.05, 0) is 18.6 Å². The highest BCUT2D eigenvalue weighted by atomic mass is 32.2. The number of cyclic esters (lactones) is 1. The van der Waals surface area contributed by atoms with Crippen molar-refractivity contribution < 1.29 is 28.6 Å². The number of carbonyl (C=O) groups is 3. The molecule has 1 aliphatic heterocycles. The summed E-state index contributed by atoms with van der Waals surface area (Å²) in [6.07, 6.45) is -0.132. The smallest absolute Gasteiger partial charge is 0.338 e. The molecule has 1 aromatic rings. The van der Waals surface area contributed by atoms with E-state index in [1.54, 1.807) is 30.3 Å². The minimum atomic E-state index is -0.628. The summed E-state index contributed by atoms with van der Waals surface area (Å²) in [5, 5.41) is -0.628. The van der Waals surface area contributed by atoms with Gasteiger partial charge in [0.25, 0.3) is 0 Å². The predicted molar refractivity (Wildman–Crippen MR) is 83.8 cm³/mol. The number of rotatable bonds is 6. The van der Waals surface area contributed by atoms with Gasteiger partial charge in [-0.3, -0.25) is 9.59 Å². The second kappa shape index (κ2) is 8.01. The van der Waals surface area contributed by atoms with E-state index >= 15 is 0 Å². The van der Waals surface area contributed by atoms with Crippen LogP contribution in [0.5, 0.6) is 0 Å². The Bertz CT molecular complexity index is 573. The largest absolute Gasteiger partial charge is 0.469 e. The first-order valence-electron chi connectivity index (χ1n) is 7.24. The minimum Gasteiger partial charge on any atom is -0.469 e. The third kappa shape index (κ3) is 4.48. The Labute approximate surface area is 138 Å². The molecule has 1 heterocycles. The Morgan fingerprint density at radius 1 is 1.30 bits per heavy atom. The van der Waals surface area contributed by atoms with Gasteiger partial charge >= 0.3 is 17.9 Å². The number of carbonyl (C=O) groups excluding carboxylic acids is 3. The Morgan fingerprint density at radius 3 is 2.61 bits per heavy atom. The van der Waals surface area contributed by atoms with Gasteiger partial charge in [-0.15, -0.1) is 0 Å². The van der Waals surface area contributed by atoms with Crippen molar-refractivity contribution in [2.75, 3.05) is 7.11 Å². The lowest BCUT2D eigenvalue weighted by molar-refractivity contribution is -0.149. The number of ether oxygens (including phenoxy) is 3. The summed E-state index contributed by atoms with van der Waals surface area (Å²) in [5.41, 5.74) is -0.179. The summed E-state index contributed by atoms with van der Waals surface area (Å²) in [4.78, 5) is 35.2. The molecule has 0 saturated carbocycles. The first-order valence-corrected chi connectivity index (χ1v) is 8.18. The second-order valence-electron chi connectivity index (χ2n) is 4.93. The van der Waals surface area contributed by atoms with Crippen LogP contribution in [-0.2, 0) is 23.8 Å². The van der Waals surface area contributed by atoms with E-state index in [2.05, 4.69) is 4.74 Å². The Morgan fingerprint density at radius 2 is 2.00 bits per heavy atom. The van der Waals surface area contributed by atoms with E-state index in [1.165, 1.54) is 18.9 Å². The first kappa shape index (κ1) is 17.3. The third-order valence-corrected chi connectivity index (χ3v) is 4.70. The Balaban J connectivity index is 1.97. The predicted octanol–water partition coefficient (Wildman–Crippen LogP) is 2.17. The number of hydrogen-bond donors (Lipinski definition) is 0. The third-order valence-electron chi connectivity index (χ3n) is 3.35. The van der Waals surface area contributed by atoms with Crippen LogP contribution in [0.25, 0.3) is 0 Å². The van der Waals surface area contributed by atoms with Gasteiger partial charge in [-0.1, -0.05) is 36.9 Å². The van der Waals surface area contributed by atoms with Crippen LogP contribution in [-0.4, -0.2) is 41.8 Å². The normalized spacial score (nSPS) is 21.4. The van der Waals surface area contributed by atoms with Crippen LogP contribution in [0.2, 0.25) is 0 Å². The molecule has 0 radical (unpaired) electrons. The standard InChI is InChI=1S/C16H18O6S/c1-3-11(21-14(18)10-7-5-4-6-8-10)16-22-15(19)12(23-16)9-13(17)20-2/h4-8,11-12,16H,3,9H2,1-2H3/t11-,12-,16?/m0/s1. The maximum absolute atomic E-state index is 12.1. The summed E-state index contributed by atoms with van der Waals surface area (Å²) in [6, 6.07) is 8.61. The zero-order chi connectivity index (χ0) is 16.8. The molecule has 0 aromatic heterocycles. The highest BCUT2D eigenvalue weighted by molar-refractivity contribution is 8.01. The van der Waals surface area contributed by atoms with Crippen LogP contribution in [0, 0.1) is 0 Å². The second-order valence-corrected chi connectivity index (χ2v) is 6.23. The molecule has 3 atom stereocenters. The highest BCUT2D eigenvalue weighted by Gasteiger charge is 2.41. The number of thioether (sulfide) groups is 1. The van der Waals surface area contributed by atoms with E-state index in [9.17, 15) is 14.4 Å². The van der Waals surface area contributed by atoms with Crippen LogP contribution in [0.15, 0.2) is 30.3 Å². The highest BCUT2D eigenvalue weighted by Crippen LogP contribution is 2.35. The Kier molecular flexibility index (Phi) is 6.04. The summed E-state index contributed by atoms with van der Waals surface area (Å²) < 4.78 is 15.3. The fourth-order valence-corrected chi connectivity index (χ4v) is 3.37. The number of hydrogen-bond acceptors (Lipinski definition) is 7. The molecule has 0 N–H and O–H groups in total. The van der Waals surface area contributed by atoms with Crippen LogP contribution >= 0.6 is 11.8 Å². The van der Waals surface area contributed by atoms with E-state index in [-0.39, 0.29) is 6.42 Å². The molecule has 0 bridgehead atoms. The molecule has 1 aliphatic rings. The molecular formula is C16H18O6S. The minimum absolute atomic E-state index is 0.0560. The molecule has 1 aromatic carbocycles.